The number of aryl methyl sites for hydroxylation is 1. The normalized spacial score (nSPS) is 15.8. The summed E-state index contributed by atoms with van der Waals surface area (Å²) in [7, 11) is 0. The van der Waals surface area contributed by atoms with Crippen LogP contribution in [-0.2, 0) is 16.0 Å². The topological polar surface area (TPSA) is 100 Å². The third-order valence-electron chi connectivity index (χ3n) is 3.03. The van der Waals surface area contributed by atoms with Crippen molar-refractivity contribution in [3.8, 4) is 0 Å². The summed E-state index contributed by atoms with van der Waals surface area (Å²) in [5.41, 5.74) is 0. The largest absolute Gasteiger partial charge is 0.347 e. The van der Waals surface area contributed by atoms with E-state index in [9.17, 15) is 9.59 Å². The number of hydrogen-bond acceptors (Lipinski definition) is 6. The monoisotopic (exact) mass is 281 g/mol. The molecule has 1 saturated heterocycles. The Morgan fingerprint density at radius 3 is 3.00 bits per heavy atom. The quantitative estimate of drug-likeness (QED) is 0.679. The van der Waals surface area contributed by atoms with Gasteiger partial charge in [0.2, 0.25) is 5.89 Å². The van der Waals surface area contributed by atoms with Gasteiger partial charge < -0.3 is 20.1 Å². The van der Waals surface area contributed by atoms with Crippen molar-refractivity contribution in [2.75, 3.05) is 32.7 Å². The van der Waals surface area contributed by atoms with E-state index in [1.807, 2.05) is 0 Å². The summed E-state index contributed by atoms with van der Waals surface area (Å²) < 4.78 is 4.82. The molecule has 0 saturated carbocycles. The Morgan fingerprint density at radius 1 is 1.40 bits per heavy atom. The van der Waals surface area contributed by atoms with E-state index in [1.165, 1.54) is 0 Å². The minimum atomic E-state index is -0.577. The van der Waals surface area contributed by atoms with Gasteiger partial charge in [-0.2, -0.15) is 4.98 Å². The summed E-state index contributed by atoms with van der Waals surface area (Å²) in [6.45, 7) is 4.80. The first-order chi connectivity index (χ1) is 9.66. The van der Waals surface area contributed by atoms with Crippen molar-refractivity contribution in [3.05, 3.63) is 11.7 Å². The van der Waals surface area contributed by atoms with Crippen LogP contribution in [0, 0.1) is 6.92 Å². The number of hydrogen-bond donors (Lipinski definition) is 2. The molecular weight excluding hydrogens is 262 g/mol. The van der Waals surface area contributed by atoms with Gasteiger partial charge in [0.25, 0.3) is 0 Å². The number of amides is 2. The minimum absolute atomic E-state index is 0.315. The maximum absolute atomic E-state index is 11.9. The van der Waals surface area contributed by atoms with Gasteiger partial charge >= 0.3 is 11.8 Å². The van der Waals surface area contributed by atoms with Gasteiger partial charge in [-0.1, -0.05) is 5.16 Å². The molecule has 1 aromatic heterocycles. The minimum Gasteiger partial charge on any atom is -0.347 e. The van der Waals surface area contributed by atoms with E-state index in [4.69, 9.17) is 4.52 Å². The third-order valence-corrected chi connectivity index (χ3v) is 3.03. The van der Waals surface area contributed by atoms with Gasteiger partial charge in [-0.25, -0.2) is 0 Å². The van der Waals surface area contributed by atoms with Crippen LogP contribution in [0.4, 0.5) is 0 Å². The van der Waals surface area contributed by atoms with Crippen LogP contribution in [0.5, 0.6) is 0 Å². The van der Waals surface area contributed by atoms with Crippen LogP contribution in [0.15, 0.2) is 4.52 Å². The van der Waals surface area contributed by atoms with E-state index in [-0.39, 0.29) is 0 Å². The smallest absolute Gasteiger partial charge is 0.311 e. The molecular formula is C12H19N5O3. The second-order valence-corrected chi connectivity index (χ2v) is 4.63. The molecule has 0 aromatic carbocycles. The predicted octanol–water partition coefficient (Wildman–Crippen LogP) is -1.14. The zero-order valence-electron chi connectivity index (χ0n) is 11.5. The van der Waals surface area contributed by atoms with E-state index in [1.54, 1.807) is 11.8 Å². The van der Waals surface area contributed by atoms with Crippen molar-refractivity contribution in [2.45, 2.75) is 19.8 Å². The highest BCUT2D eigenvalue weighted by molar-refractivity contribution is 6.35. The van der Waals surface area contributed by atoms with E-state index >= 15 is 0 Å². The summed E-state index contributed by atoms with van der Waals surface area (Å²) in [4.78, 5) is 29.3. The molecule has 0 unspecified atom stereocenters. The third kappa shape index (κ3) is 4.02. The van der Waals surface area contributed by atoms with Crippen molar-refractivity contribution >= 4 is 11.8 Å². The second kappa shape index (κ2) is 6.99. The van der Waals surface area contributed by atoms with Gasteiger partial charge in [-0.05, 0) is 13.0 Å². The van der Waals surface area contributed by atoms with Crippen molar-refractivity contribution in [3.63, 3.8) is 0 Å². The molecule has 1 fully saturated rings. The molecule has 2 rings (SSSR count). The molecule has 2 heterocycles. The summed E-state index contributed by atoms with van der Waals surface area (Å²) in [5.74, 6) is -0.0428. The van der Waals surface area contributed by atoms with Gasteiger partial charge in [0.15, 0.2) is 5.82 Å². The van der Waals surface area contributed by atoms with Crippen molar-refractivity contribution < 1.29 is 14.1 Å². The molecule has 1 aromatic rings. The lowest BCUT2D eigenvalue weighted by Gasteiger charge is -2.18. The zero-order chi connectivity index (χ0) is 14.4. The fraction of sp³-hybridized carbons (Fsp3) is 0.667. The highest BCUT2D eigenvalue weighted by Gasteiger charge is 2.22. The summed E-state index contributed by atoms with van der Waals surface area (Å²) >= 11 is 0. The molecule has 8 nitrogen and oxygen atoms in total. The lowest BCUT2D eigenvalue weighted by molar-refractivity contribution is -0.145. The molecule has 0 spiro atoms. The number of carbonyl (C=O) groups excluding carboxylic acids is 2. The molecule has 110 valence electrons. The fourth-order valence-electron chi connectivity index (χ4n) is 2.00. The van der Waals surface area contributed by atoms with Crippen LogP contribution in [-0.4, -0.2) is 59.6 Å². The molecule has 8 heteroatoms. The standard InChI is InChI=1S/C12H19N5O3/c1-9-15-10(16-20-9)3-5-14-11(18)12(19)17-7-2-4-13-6-8-17/h13H,2-8H2,1H3,(H,14,18). The first kappa shape index (κ1) is 14.4. The average molecular weight is 281 g/mol. The zero-order valence-corrected chi connectivity index (χ0v) is 11.5. The van der Waals surface area contributed by atoms with Gasteiger partial charge in [0.05, 0.1) is 0 Å². The molecule has 0 radical (unpaired) electrons. The maximum atomic E-state index is 11.9. The van der Waals surface area contributed by atoms with Gasteiger partial charge in [0.1, 0.15) is 0 Å². The van der Waals surface area contributed by atoms with Crippen molar-refractivity contribution in [1.82, 2.24) is 25.7 Å². The van der Waals surface area contributed by atoms with Crippen LogP contribution in [0.2, 0.25) is 0 Å². The molecule has 0 aliphatic carbocycles. The predicted molar refractivity (Wildman–Crippen MR) is 69.8 cm³/mol. The van der Waals surface area contributed by atoms with E-state index in [0.717, 1.165) is 19.5 Å². The Morgan fingerprint density at radius 2 is 2.25 bits per heavy atom. The Labute approximate surface area is 116 Å². The first-order valence-corrected chi connectivity index (χ1v) is 6.74. The van der Waals surface area contributed by atoms with E-state index in [0.29, 0.717) is 37.8 Å². The Balaban J connectivity index is 1.74. The van der Waals surface area contributed by atoms with Crippen LogP contribution in [0.25, 0.3) is 0 Å². The van der Waals surface area contributed by atoms with Crippen LogP contribution in [0.3, 0.4) is 0 Å². The van der Waals surface area contributed by atoms with Gasteiger partial charge in [-0.15, -0.1) is 0 Å². The Hall–Kier alpha value is -1.96. The lowest BCUT2D eigenvalue weighted by Crippen LogP contribution is -2.44. The fourth-order valence-corrected chi connectivity index (χ4v) is 2.00. The highest BCUT2D eigenvalue weighted by atomic mass is 16.5. The molecule has 2 N–H and O–H groups in total. The van der Waals surface area contributed by atoms with E-state index in [2.05, 4.69) is 20.8 Å². The second-order valence-electron chi connectivity index (χ2n) is 4.63. The van der Waals surface area contributed by atoms with Crippen LogP contribution in [0.1, 0.15) is 18.1 Å². The average Bonchev–Trinajstić information content (AvgIpc) is 2.68. The summed E-state index contributed by atoms with van der Waals surface area (Å²) in [6.07, 6.45) is 1.30. The molecule has 0 atom stereocenters. The Bertz CT molecular complexity index is 465. The summed E-state index contributed by atoms with van der Waals surface area (Å²) in [6, 6.07) is 0. The molecule has 2 amide bonds. The number of rotatable bonds is 3. The van der Waals surface area contributed by atoms with E-state index < -0.39 is 11.8 Å². The molecule has 0 bridgehead atoms. The van der Waals surface area contributed by atoms with Crippen LogP contribution >= 0.6 is 0 Å². The Kier molecular flexibility index (Phi) is 5.05. The number of carbonyl (C=O) groups is 2. The number of nitrogens with zero attached hydrogens (tertiary/aromatic N) is 3. The molecule has 1 aliphatic rings. The van der Waals surface area contributed by atoms with Gasteiger partial charge in [0, 0.05) is 39.5 Å². The highest BCUT2D eigenvalue weighted by Crippen LogP contribution is 1.97. The van der Waals surface area contributed by atoms with Crippen molar-refractivity contribution in [2.24, 2.45) is 0 Å². The molecule has 1 aliphatic heterocycles. The SMILES string of the molecule is Cc1nc(CCNC(=O)C(=O)N2CCCNCC2)no1. The van der Waals surface area contributed by atoms with Crippen molar-refractivity contribution in [1.29, 1.82) is 0 Å². The lowest BCUT2D eigenvalue weighted by atomic mass is 10.3. The first-order valence-electron chi connectivity index (χ1n) is 6.74. The maximum Gasteiger partial charge on any atom is 0.311 e. The van der Waals surface area contributed by atoms with Gasteiger partial charge in [-0.3, -0.25) is 9.59 Å². The number of aromatic nitrogens is 2. The summed E-state index contributed by atoms with van der Waals surface area (Å²) in [5, 5.41) is 9.49. The molecule has 20 heavy (non-hydrogen) atoms. The number of nitrogens with one attached hydrogen (secondary N) is 2. The van der Waals surface area contributed by atoms with Crippen LogP contribution < -0.4 is 10.6 Å².